The number of nitrogens with one attached hydrogen (secondary N) is 2. The summed E-state index contributed by atoms with van der Waals surface area (Å²) in [5.74, 6) is -2.45. The maximum absolute atomic E-state index is 13.0. The highest BCUT2D eigenvalue weighted by atomic mass is 19.1. The van der Waals surface area contributed by atoms with E-state index in [1.54, 1.807) is 0 Å². The van der Waals surface area contributed by atoms with Gasteiger partial charge in [-0.2, -0.15) is 0 Å². The number of carbonyl (C=O) groups excluding carboxylic acids is 1. The third kappa shape index (κ3) is 4.18. The summed E-state index contributed by atoms with van der Waals surface area (Å²) in [4.78, 5) is 22.4. The predicted molar refractivity (Wildman–Crippen MR) is 67.3 cm³/mol. The summed E-state index contributed by atoms with van der Waals surface area (Å²) in [5.41, 5.74) is -0.0233. The van der Waals surface area contributed by atoms with E-state index in [2.05, 4.69) is 10.6 Å². The van der Waals surface area contributed by atoms with Gasteiger partial charge >= 0.3 is 12.0 Å². The van der Waals surface area contributed by atoms with Crippen LogP contribution in [0.3, 0.4) is 0 Å². The first-order valence-electron chi connectivity index (χ1n) is 6.19. The van der Waals surface area contributed by atoms with E-state index in [0.29, 0.717) is 6.07 Å². The number of aliphatic carboxylic acids is 1. The molecule has 20 heavy (non-hydrogen) atoms. The van der Waals surface area contributed by atoms with Gasteiger partial charge < -0.3 is 15.7 Å². The largest absolute Gasteiger partial charge is 0.481 e. The molecule has 0 aliphatic heterocycles. The van der Waals surface area contributed by atoms with Crippen molar-refractivity contribution in [2.75, 3.05) is 5.32 Å². The normalized spacial score (nSPS) is 15.5. The van der Waals surface area contributed by atoms with Gasteiger partial charge in [0.05, 0.1) is 6.42 Å². The SMILES string of the molecule is O=C(O)CC(NC(=O)Nc1cc(F)cc(F)c1)C1CC1. The van der Waals surface area contributed by atoms with E-state index >= 15 is 0 Å². The van der Waals surface area contributed by atoms with Crippen molar-refractivity contribution in [3.63, 3.8) is 0 Å². The Hall–Kier alpha value is -2.18. The molecule has 1 atom stereocenters. The van der Waals surface area contributed by atoms with E-state index in [0.717, 1.165) is 25.0 Å². The highest BCUT2D eigenvalue weighted by Crippen LogP contribution is 2.34. The molecule has 2 amide bonds. The molecule has 1 aromatic carbocycles. The number of carboxylic acid groups (broad SMARTS) is 1. The number of anilines is 1. The van der Waals surface area contributed by atoms with E-state index in [1.807, 2.05) is 0 Å². The van der Waals surface area contributed by atoms with Crippen molar-refractivity contribution in [2.24, 2.45) is 5.92 Å². The van der Waals surface area contributed by atoms with E-state index in [-0.39, 0.29) is 18.0 Å². The first kappa shape index (κ1) is 14.2. The lowest BCUT2D eigenvalue weighted by molar-refractivity contribution is -0.137. The second kappa shape index (κ2) is 5.85. The van der Waals surface area contributed by atoms with Crippen LogP contribution in [-0.4, -0.2) is 23.1 Å². The monoisotopic (exact) mass is 284 g/mol. The molecule has 0 radical (unpaired) electrons. The van der Waals surface area contributed by atoms with Crippen LogP contribution in [0.15, 0.2) is 18.2 Å². The fourth-order valence-corrected chi connectivity index (χ4v) is 1.98. The molecule has 0 heterocycles. The van der Waals surface area contributed by atoms with Crippen molar-refractivity contribution < 1.29 is 23.5 Å². The van der Waals surface area contributed by atoms with Gasteiger partial charge in [-0.05, 0) is 30.9 Å². The third-order valence-electron chi connectivity index (χ3n) is 3.02. The zero-order chi connectivity index (χ0) is 14.7. The highest BCUT2D eigenvalue weighted by Gasteiger charge is 2.33. The van der Waals surface area contributed by atoms with Crippen molar-refractivity contribution in [1.82, 2.24) is 5.32 Å². The molecule has 1 aliphatic carbocycles. The van der Waals surface area contributed by atoms with E-state index in [9.17, 15) is 18.4 Å². The lowest BCUT2D eigenvalue weighted by Crippen LogP contribution is -2.40. The Kier molecular flexibility index (Phi) is 4.16. The Morgan fingerprint density at radius 3 is 2.35 bits per heavy atom. The summed E-state index contributed by atoms with van der Waals surface area (Å²) in [5, 5.41) is 13.6. The van der Waals surface area contributed by atoms with Crippen LogP contribution in [0.2, 0.25) is 0 Å². The van der Waals surface area contributed by atoms with Crippen LogP contribution in [0.25, 0.3) is 0 Å². The van der Waals surface area contributed by atoms with Crippen LogP contribution >= 0.6 is 0 Å². The molecule has 108 valence electrons. The Morgan fingerprint density at radius 1 is 1.25 bits per heavy atom. The van der Waals surface area contributed by atoms with Gasteiger partial charge in [-0.15, -0.1) is 0 Å². The van der Waals surface area contributed by atoms with Gasteiger partial charge in [-0.25, -0.2) is 13.6 Å². The van der Waals surface area contributed by atoms with E-state index in [1.165, 1.54) is 0 Å². The first-order chi connectivity index (χ1) is 9.44. The molecule has 0 spiro atoms. The van der Waals surface area contributed by atoms with Crippen molar-refractivity contribution in [3.05, 3.63) is 29.8 Å². The molecule has 7 heteroatoms. The van der Waals surface area contributed by atoms with Crippen LogP contribution in [0.1, 0.15) is 19.3 Å². The molecule has 0 aromatic heterocycles. The molecule has 1 aliphatic rings. The Balaban J connectivity index is 1.95. The van der Waals surface area contributed by atoms with Crippen LogP contribution in [0.4, 0.5) is 19.3 Å². The Labute approximate surface area is 114 Å². The Morgan fingerprint density at radius 2 is 1.85 bits per heavy atom. The predicted octanol–water partition coefficient (Wildman–Crippen LogP) is 2.34. The van der Waals surface area contributed by atoms with E-state index < -0.39 is 29.7 Å². The summed E-state index contributed by atoms with van der Waals surface area (Å²) < 4.78 is 25.9. The summed E-state index contributed by atoms with van der Waals surface area (Å²) in [7, 11) is 0. The first-order valence-corrected chi connectivity index (χ1v) is 6.19. The third-order valence-corrected chi connectivity index (χ3v) is 3.02. The molecule has 3 N–H and O–H groups in total. The van der Waals surface area contributed by atoms with Crippen LogP contribution < -0.4 is 10.6 Å². The number of halogens is 2. The zero-order valence-corrected chi connectivity index (χ0v) is 10.5. The van der Waals surface area contributed by atoms with Crippen LogP contribution in [-0.2, 0) is 4.79 Å². The van der Waals surface area contributed by atoms with Crippen LogP contribution in [0, 0.1) is 17.6 Å². The fraction of sp³-hybridized carbons (Fsp3) is 0.385. The number of carbonyl (C=O) groups is 2. The average Bonchev–Trinajstić information content (AvgIpc) is 3.08. The van der Waals surface area contributed by atoms with Gasteiger partial charge in [0, 0.05) is 17.8 Å². The van der Waals surface area contributed by atoms with E-state index in [4.69, 9.17) is 5.11 Å². The average molecular weight is 284 g/mol. The molecule has 1 saturated carbocycles. The van der Waals surface area contributed by atoms with Crippen LogP contribution in [0.5, 0.6) is 0 Å². The number of hydrogen-bond acceptors (Lipinski definition) is 2. The maximum atomic E-state index is 13.0. The molecule has 1 fully saturated rings. The topological polar surface area (TPSA) is 78.4 Å². The maximum Gasteiger partial charge on any atom is 0.319 e. The number of rotatable bonds is 5. The number of hydrogen-bond donors (Lipinski definition) is 3. The number of carboxylic acids is 1. The van der Waals surface area contributed by atoms with Gasteiger partial charge in [0.25, 0.3) is 0 Å². The van der Waals surface area contributed by atoms with Crippen molar-refractivity contribution in [1.29, 1.82) is 0 Å². The highest BCUT2D eigenvalue weighted by molar-refractivity contribution is 5.89. The van der Waals surface area contributed by atoms with Gasteiger partial charge in [0.15, 0.2) is 0 Å². The summed E-state index contributed by atoms with van der Waals surface area (Å²) in [6.07, 6.45) is 1.56. The molecule has 1 unspecified atom stereocenters. The van der Waals surface area contributed by atoms with Gasteiger partial charge in [-0.1, -0.05) is 0 Å². The second-order valence-electron chi connectivity index (χ2n) is 4.80. The standard InChI is InChI=1S/C13H14F2N2O3/c14-8-3-9(15)5-10(4-8)16-13(20)17-11(6-12(18)19)7-1-2-7/h3-5,7,11H,1-2,6H2,(H,18,19)(H2,16,17,20). The second-order valence-corrected chi connectivity index (χ2v) is 4.80. The lowest BCUT2D eigenvalue weighted by Gasteiger charge is -2.16. The zero-order valence-electron chi connectivity index (χ0n) is 10.5. The smallest absolute Gasteiger partial charge is 0.319 e. The minimum atomic E-state index is -1.00. The Bertz CT molecular complexity index is 512. The molecule has 2 rings (SSSR count). The summed E-state index contributed by atoms with van der Waals surface area (Å²) in [6, 6.07) is 1.51. The minimum Gasteiger partial charge on any atom is -0.481 e. The van der Waals surface area contributed by atoms with Gasteiger partial charge in [0.1, 0.15) is 11.6 Å². The number of amides is 2. The summed E-state index contributed by atoms with van der Waals surface area (Å²) >= 11 is 0. The summed E-state index contributed by atoms with van der Waals surface area (Å²) in [6.45, 7) is 0. The lowest BCUT2D eigenvalue weighted by atomic mass is 10.1. The van der Waals surface area contributed by atoms with Gasteiger partial charge in [-0.3, -0.25) is 4.79 Å². The number of benzene rings is 1. The van der Waals surface area contributed by atoms with Gasteiger partial charge in [0.2, 0.25) is 0 Å². The molecular formula is C13H14F2N2O3. The molecule has 1 aromatic rings. The molecule has 0 saturated heterocycles. The van der Waals surface area contributed by atoms with Crippen molar-refractivity contribution >= 4 is 17.7 Å². The molecular weight excluding hydrogens is 270 g/mol. The number of urea groups is 1. The molecule has 5 nitrogen and oxygen atoms in total. The fourth-order valence-electron chi connectivity index (χ4n) is 1.98. The molecule has 0 bridgehead atoms. The van der Waals surface area contributed by atoms with Crippen molar-refractivity contribution in [2.45, 2.75) is 25.3 Å². The minimum absolute atomic E-state index is 0.0233. The quantitative estimate of drug-likeness (QED) is 0.776. The van der Waals surface area contributed by atoms with Crippen molar-refractivity contribution in [3.8, 4) is 0 Å².